The summed E-state index contributed by atoms with van der Waals surface area (Å²) in [6.45, 7) is 6.48. The fourth-order valence-corrected chi connectivity index (χ4v) is 3.28. The molecule has 1 amide bonds. The van der Waals surface area contributed by atoms with Crippen molar-refractivity contribution in [2.75, 3.05) is 46.5 Å². The van der Waals surface area contributed by atoms with E-state index >= 15 is 0 Å². The van der Waals surface area contributed by atoms with Gasteiger partial charge in [0.1, 0.15) is 5.75 Å². The van der Waals surface area contributed by atoms with Gasteiger partial charge in [-0.25, -0.2) is 0 Å². The van der Waals surface area contributed by atoms with Gasteiger partial charge >= 0.3 is 0 Å². The quantitative estimate of drug-likeness (QED) is 0.848. The maximum Gasteiger partial charge on any atom is 0.254 e. The van der Waals surface area contributed by atoms with E-state index in [1.54, 1.807) is 0 Å². The van der Waals surface area contributed by atoms with Crippen molar-refractivity contribution >= 4 is 5.91 Å². The summed E-state index contributed by atoms with van der Waals surface area (Å²) in [5, 5.41) is 0. The molecule has 120 valence electrons. The lowest BCUT2D eigenvalue weighted by Crippen LogP contribution is -2.44. The first-order valence-corrected chi connectivity index (χ1v) is 7.97. The van der Waals surface area contributed by atoms with Gasteiger partial charge < -0.3 is 14.4 Å². The van der Waals surface area contributed by atoms with E-state index in [9.17, 15) is 4.79 Å². The number of carbonyl (C=O) groups is 1. The Morgan fingerprint density at radius 3 is 3.00 bits per heavy atom. The molecule has 22 heavy (non-hydrogen) atoms. The van der Waals surface area contributed by atoms with Gasteiger partial charge in [0, 0.05) is 31.1 Å². The van der Waals surface area contributed by atoms with Gasteiger partial charge in [-0.15, -0.1) is 0 Å². The van der Waals surface area contributed by atoms with Crippen LogP contribution in [0, 0.1) is 5.92 Å². The number of fused-ring (bicyclic) bond motifs is 3. The first kappa shape index (κ1) is 15.3. The molecule has 2 atom stereocenters. The average molecular weight is 304 g/mol. The summed E-state index contributed by atoms with van der Waals surface area (Å²) < 4.78 is 11.2. The third kappa shape index (κ3) is 3.25. The SMILES string of the molecule is CCOc1cccc(C(=O)N2C[C@@H]3COC[C@H](C2)N(C)C3)c1. The summed E-state index contributed by atoms with van der Waals surface area (Å²) in [5.74, 6) is 1.23. The van der Waals surface area contributed by atoms with Gasteiger partial charge in [-0.2, -0.15) is 0 Å². The Bertz CT molecular complexity index is 534. The van der Waals surface area contributed by atoms with Crippen LogP contribution in [0.5, 0.6) is 5.75 Å². The third-order valence-electron chi connectivity index (χ3n) is 4.42. The Morgan fingerprint density at radius 1 is 1.32 bits per heavy atom. The van der Waals surface area contributed by atoms with Crippen molar-refractivity contribution in [2.24, 2.45) is 5.92 Å². The van der Waals surface area contributed by atoms with Gasteiger partial charge in [-0.1, -0.05) is 6.07 Å². The van der Waals surface area contributed by atoms with Gasteiger partial charge in [0.25, 0.3) is 5.91 Å². The fourth-order valence-electron chi connectivity index (χ4n) is 3.28. The van der Waals surface area contributed by atoms with Crippen molar-refractivity contribution in [2.45, 2.75) is 13.0 Å². The molecule has 0 unspecified atom stereocenters. The fraction of sp³-hybridized carbons (Fsp3) is 0.588. The van der Waals surface area contributed by atoms with E-state index in [1.807, 2.05) is 36.1 Å². The predicted molar refractivity (Wildman–Crippen MR) is 84.2 cm³/mol. The topological polar surface area (TPSA) is 42.0 Å². The summed E-state index contributed by atoms with van der Waals surface area (Å²) in [4.78, 5) is 17.2. The molecule has 2 heterocycles. The van der Waals surface area contributed by atoms with Crippen molar-refractivity contribution in [1.29, 1.82) is 0 Å². The minimum absolute atomic E-state index is 0.0914. The Hall–Kier alpha value is -1.59. The second-order valence-electron chi connectivity index (χ2n) is 6.17. The minimum atomic E-state index is 0.0914. The molecule has 2 fully saturated rings. The Kier molecular flexibility index (Phi) is 4.64. The molecule has 1 aromatic carbocycles. The molecule has 2 saturated heterocycles. The molecule has 2 bridgehead atoms. The number of rotatable bonds is 3. The zero-order chi connectivity index (χ0) is 15.5. The highest BCUT2D eigenvalue weighted by Gasteiger charge is 2.33. The second-order valence-corrected chi connectivity index (χ2v) is 6.17. The number of carbonyl (C=O) groups excluding carboxylic acids is 1. The van der Waals surface area contributed by atoms with Crippen LogP contribution in [0.1, 0.15) is 17.3 Å². The van der Waals surface area contributed by atoms with Crippen molar-refractivity contribution in [3.05, 3.63) is 29.8 Å². The molecule has 0 aliphatic carbocycles. The summed E-state index contributed by atoms with van der Waals surface area (Å²) in [6.07, 6.45) is 0. The van der Waals surface area contributed by atoms with E-state index in [4.69, 9.17) is 9.47 Å². The molecular formula is C17H24N2O3. The van der Waals surface area contributed by atoms with E-state index in [0.29, 0.717) is 24.7 Å². The second kappa shape index (κ2) is 6.67. The number of likely N-dealkylation sites (N-methyl/N-ethyl adjacent to an activating group) is 1. The summed E-state index contributed by atoms with van der Waals surface area (Å²) in [7, 11) is 2.12. The van der Waals surface area contributed by atoms with Gasteiger partial charge in [-0.3, -0.25) is 9.69 Å². The van der Waals surface area contributed by atoms with Crippen molar-refractivity contribution in [1.82, 2.24) is 9.80 Å². The summed E-state index contributed by atoms with van der Waals surface area (Å²) in [6, 6.07) is 7.76. The van der Waals surface area contributed by atoms with Crippen LogP contribution in [0.25, 0.3) is 0 Å². The maximum atomic E-state index is 12.9. The lowest BCUT2D eigenvalue weighted by Gasteiger charge is -2.29. The minimum Gasteiger partial charge on any atom is -0.494 e. The van der Waals surface area contributed by atoms with Gasteiger partial charge in [0.2, 0.25) is 0 Å². The summed E-state index contributed by atoms with van der Waals surface area (Å²) >= 11 is 0. The Morgan fingerprint density at radius 2 is 2.18 bits per heavy atom. The Balaban J connectivity index is 1.78. The highest BCUT2D eigenvalue weighted by atomic mass is 16.5. The van der Waals surface area contributed by atoms with Crippen LogP contribution in [0.2, 0.25) is 0 Å². The van der Waals surface area contributed by atoms with Crippen molar-refractivity contribution in [3.8, 4) is 5.75 Å². The molecule has 0 saturated carbocycles. The molecule has 2 aliphatic heterocycles. The smallest absolute Gasteiger partial charge is 0.254 e. The lowest BCUT2D eigenvalue weighted by molar-refractivity contribution is 0.0433. The van der Waals surface area contributed by atoms with Crippen LogP contribution in [-0.2, 0) is 4.74 Å². The molecule has 3 rings (SSSR count). The first-order chi connectivity index (χ1) is 10.7. The van der Waals surface area contributed by atoms with Crippen LogP contribution in [0.4, 0.5) is 0 Å². The average Bonchev–Trinajstić information content (AvgIpc) is 2.75. The number of ether oxygens (including phenoxy) is 2. The van der Waals surface area contributed by atoms with Crippen LogP contribution in [-0.4, -0.2) is 68.3 Å². The highest BCUT2D eigenvalue weighted by Crippen LogP contribution is 2.21. The van der Waals surface area contributed by atoms with Gasteiger partial charge in [-0.05, 0) is 32.2 Å². The lowest BCUT2D eigenvalue weighted by atomic mass is 10.1. The number of nitrogens with zero attached hydrogens (tertiary/aromatic N) is 2. The number of hydrogen-bond acceptors (Lipinski definition) is 4. The van der Waals surface area contributed by atoms with Gasteiger partial charge in [0.15, 0.2) is 0 Å². The molecule has 0 radical (unpaired) electrons. The summed E-state index contributed by atoms with van der Waals surface area (Å²) in [5.41, 5.74) is 0.703. The van der Waals surface area contributed by atoms with Gasteiger partial charge in [0.05, 0.1) is 25.9 Å². The zero-order valence-electron chi connectivity index (χ0n) is 13.3. The van der Waals surface area contributed by atoms with E-state index in [0.717, 1.165) is 32.0 Å². The van der Waals surface area contributed by atoms with E-state index in [2.05, 4.69) is 11.9 Å². The molecular weight excluding hydrogens is 280 g/mol. The highest BCUT2D eigenvalue weighted by molar-refractivity contribution is 5.94. The van der Waals surface area contributed by atoms with Crippen LogP contribution in [0.3, 0.4) is 0 Å². The molecule has 0 aromatic heterocycles. The maximum absolute atomic E-state index is 12.9. The van der Waals surface area contributed by atoms with Crippen LogP contribution in [0.15, 0.2) is 24.3 Å². The molecule has 1 aromatic rings. The zero-order valence-corrected chi connectivity index (χ0v) is 13.3. The largest absolute Gasteiger partial charge is 0.494 e. The number of benzene rings is 1. The van der Waals surface area contributed by atoms with E-state index in [1.165, 1.54) is 0 Å². The Labute approximate surface area is 131 Å². The molecule has 0 N–H and O–H groups in total. The third-order valence-corrected chi connectivity index (χ3v) is 4.42. The van der Waals surface area contributed by atoms with Crippen LogP contribution >= 0.6 is 0 Å². The molecule has 0 spiro atoms. The molecule has 5 nitrogen and oxygen atoms in total. The van der Waals surface area contributed by atoms with Crippen molar-refractivity contribution in [3.63, 3.8) is 0 Å². The number of amides is 1. The predicted octanol–water partition coefficient (Wildman–Crippen LogP) is 1.49. The van der Waals surface area contributed by atoms with E-state index in [-0.39, 0.29) is 11.9 Å². The normalized spacial score (nSPS) is 25.6. The first-order valence-electron chi connectivity index (χ1n) is 7.97. The monoisotopic (exact) mass is 304 g/mol. The molecule has 2 aliphatic rings. The van der Waals surface area contributed by atoms with Crippen molar-refractivity contribution < 1.29 is 14.3 Å². The van der Waals surface area contributed by atoms with E-state index < -0.39 is 0 Å². The molecule has 5 heteroatoms. The van der Waals surface area contributed by atoms with Crippen LogP contribution < -0.4 is 4.74 Å². The number of hydrogen-bond donors (Lipinski definition) is 0. The standard InChI is InChI=1S/C17H24N2O3/c1-3-22-16-6-4-5-14(7-16)17(20)19-9-13-8-18(2)15(10-19)12-21-11-13/h4-7,13,15H,3,8-12H2,1-2H3/t13-,15+/m1/s1.